The Bertz CT molecular complexity index is 933. The number of rotatable bonds is 11. The van der Waals surface area contributed by atoms with Crippen molar-refractivity contribution in [3.8, 4) is 0 Å². The Hall–Kier alpha value is -1.76. The molecule has 2 rings (SSSR count). The number of nitrogens with zero attached hydrogens (tertiary/aromatic N) is 1. The molecule has 0 N–H and O–H groups in total. The zero-order valence-electron chi connectivity index (χ0n) is 17.0. The number of sulfonamides is 1. The Morgan fingerprint density at radius 2 is 1.55 bits per heavy atom. The average Bonchev–Trinajstić information content (AvgIpc) is 2.69. The van der Waals surface area contributed by atoms with Crippen LogP contribution in [-0.2, 0) is 30.2 Å². The van der Waals surface area contributed by atoms with E-state index in [4.69, 9.17) is 9.05 Å². The monoisotopic (exact) mass is 437 g/mol. The number of hydrogen-bond acceptors (Lipinski definition) is 5. The molecule has 0 heterocycles. The second-order valence-corrected chi connectivity index (χ2v) is 10.2. The highest BCUT2D eigenvalue weighted by molar-refractivity contribution is 7.89. The van der Waals surface area contributed by atoms with Crippen molar-refractivity contribution >= 4 is 17.6 Å². The van der Waals surface area contributed by atoms with Gasteiger partial charge in [-0.1, -0.05) is 54.1 Å². The standard InChI is InChI=1S/C21H28NO5PS/c1-4-26-28(23,27-5-2)17-9-16-22(18-20-10-7-6-8-11-20)29(24,25)21-14-12-19(3)13-15-21/h6-15,17H,4-5,16,18H2,1-3H3/b17-9+. The fraction of sp³-hybridized carbons (Fsp3) is 0.333. The van der Waals surface area contributed by atoms with Gasteiger partial charge >= 0.3 is 7.60 Å². The summed E-state index contributed by atoms with van der Waals surface area (Å²) in [5.74, 6) is 1.34. The van der Waals surface area contributed by atoms with E-state index < -0.39 is 17.6 Å². The fourth-order valence-corrected chi connectivity index (χ4v) is 5.37. The van der Waals surface area contributed by atoms with Crippen LogP contribution in [0.5, 0.6) is 0 Å². The predicted molar refractivity (Wildman–Crippen MR) is 115 cm³/mol. The van der Waals surface area contributed by atoms with Crippen LogP contribution in [0.4, 0.5) is 0 Å². The van der Waals surface area contributed by atoms with Gasteiger partial charge < -0.3 is 9.05 Å². The van der Waals surface area contributed by atoms with E-state index in [9.17, 15) is 13.0 Å². The smallest absolute Gasteiger partial charge is 0.306 e. The van der Waals surface area contributed by atoms with Crippen LogP contribution in [0, 0.1) is 6.92 Å². The lowest BCUT2D eigenvalue weighted by atomic mass is 10.2. The molecule has 158 valence electrons. The molecule has 0 aromatic heterocycles. The molecule has 0 unspecified atom stereocenters. The van der Waals surface area contributed by atoms with Gasteiger partial charge in [0.2, 0.25) is 10.0 Å². The minimum absolute atomic E-state index is 0.0369. The summed E-state index contributed by atoms with van der Waals surface area (Å²) in [6.45, 7) is 6.05. The lowest BCUT2D eigenvalue weighted by molar-refractivity contribution is 0.228. The van der Waals surface area contributed by atoms with E-state index >= 15 is 0 Å². The summed E-state index contributed by atoms with van der Waals surface area (Å²) in [5, 5.41) is 0. The van der Waals surface area contributed by atoms with Gasteiger partial charge in [-0.15, -0.1) is 0 Å². The second-order valence-electron chi connectivity index (χ2n) is 6.36. The van der Waals surface area contributed by atoms with Crippen molar-refractivity contribution in [1.29, 1.82) is 0 Å². The Kier molecular flexibility index (Phi) is 8.80. The third kappa shape index (κ3) is 6.91. The summed E-state index contributed by atoms with van der Waals surface area (Å²) in [4.78, 5) is 0.213. The highest BCUT2D eigenvalue weighted by atomic mass is 32.2. The van der Waals surface area contributed by atoms with Gasteiger partial charge in [0.05, 0.1) is 18.1 Å². The average molecular weight is 437 g/mol. The van der Waals surface area contributed by atoms with Gasteiger partial charge in [0.25, 0.3) is 0 Å². The minimum Gasteiger partial charge on any atom is -0.306 e. The van der Waals surface area contributed by atoms with Crippen LogP contribution in [0.1, 0.15) is 25.0 Å². The predicted octanol–water partition coefficient (Wildman–Crippen LogP) is 4.97. The van der Waals surface area contributed by atoms with Gasteiger partial charge in [0, 0.05) is 18.9 Å². The van der Waals surface area contributed by atoms with E-state index in [1.807, 2.05) is 37.3 Å². The molecule has 2 aromatic carbocycles. The normalized spacial score (nSPS) is 12.7. The zero-order valence-corrected chi connectivity index (χ0v) is 18.7. The SMILES string of the molecule is CCOP(=O)(/C=C/CN(Cc1ccccc1)S(=O)(=O)c1ccc(C)cc1)OCC. The van der Waals surface area contributed by atoms with Crippen molar-refractivity contribution in [3.05, 3.63) is 77.6 Å². The maximum atomic E-state index is 13.2. The molecule has 0 atom stereocenters. The largest absolute Gasteiger partial charge is 0.353 e. The molecule has 0 saturated carbocycles. The molecule has 0 spiro atoms. The second kappa shape index (κ2) is 10.9. The van der Waals surface area contributed by atoms with Crippen LogP contribution in [0.3, 0.4) is 0 Å². The molecule has 0 amide bonds. The molecule has 0 saturated heterocycles. The summed E-state index contributed by atoms with van der Waals surface area (Å²) < 4.78 is 50.8. The molecule has 6 nitrogen and oxygen atoms in total. The maximum absolute atomic E-state index is 13.2. The van der Waals surface area contributed by atoms with Gasteiger partial charge in [-0.25, -0.2) is 8.42 Å². The first kappa shape index (κ1) is 23.5. The van der Waals surface area contributed by atoms with Gasteiger partial charge in [0.15, 0.2) is 0 Å². The lowest BCUT2D eigenvalue weighted by Crippen LogP contribution is -2.31. The van der Waals surface area contributed by atoms with Crippen molar-refractivity contribution in [2.75, 3.05) is 19.8 Å². The topological polar surface area (TPSA) is 72.9 Å². The van der Waals surface area contributed by atoms with Gasteiger partial charge in [0.1, 0.15) is 0 Å². The van der Waals surface area contributed by atoms with E-state index in [2.05, 4.69) is 0 Å². The zero-order chi connectivity index (χ0) is 21.3. The summed E-state index contributed by atoms with van der Waals surface area (Å²) in [5.41, 5.74) is 1.84. The van der Waals surface area contributed by atoms with Crippen molar-refractivity contribution in [1.82, 2.24) is 4.31 Å². The highest BCUT2D eigenvalue weighted by Crippen LogP contribution is 2.49. The Morgan fingerprint density at radius 1 is 0.966 bits per heavy atom. The summed E-state index contributed by atoms with van der Waals surface area (Å²) in [6, 6.07) is 16.1. The molecular formula is C21H28NO5PS. The van der Waals surface area contributed by atoms with Crippen LogP contribution >= 0.6 is 7.60 Å². The molecule has 8 heteroatoms. The molecule has 0 aliphatic heterocycles. The molecule has 0 aliphatic rings. The number of aryl methyl sites for hydroxylation is 1. The molecule has 2 aromatic rings. The van der Waals surface area contributed by atoms with E-state index in [-0.39, 0.29) is 31.2 Å². The van der Waals surface area contributed by atoms with Crippen molar-refractivity contribution in [2.45, 2.75) is 32.2 Å². The summed E-state index contributed by atoms with van der Waals surface area (Å²) in [6.07, 6.45) is 1.53. The molecule has 29 heavy (non-hydrogen) atoms. The Balaban J connectivity index is 2.31. The van der Waals surface area contributed by atoms with E-state index in [0.717, 1.165) is 11.1 Å². The van der Waals surface area contributed by atoms with Crippen LogP contribution in [-0.4, -0.2) is 32.5 Å². The first-order valence-electron chi connectivity index (χ1n) is 9.48. The number of benzene rings is 2. The molecule has 0 radical (unpaired) electrons. The van der Waals surface area contributed by atoms with Crippen LogP contribution in [0.2, 0.25) is 0 Å². The number of hydrogen-bond donors (Lipinski definition) is 0. The first-order valence-corrected chi connectivity index (χ1v) is 12.5. The third-order valence-corrected chi connectivity index (χ3v) is 7.71. The highest BCUT2D eigenvalue weighted by Gasteiger charge is 2.25. The molecule has 0 fully saturated rings. The van der Waals surface area contributed by atoms with Crippen LogP contribution in [0.25, 0.3) is 0 Å². The Labute approximate surface area is 173 Å². The van der Waals surface area contributed by atoms with Crippen LogP contribution in [0.15, 0.2) is 71.4 Å². The van der Waals surface area contributed by atoms with Gasteiger partial charge in [-0.3, -0.25) is 4.57 Å². The van der Waals surface area contributed by atoms with Gasteiger partial charge in [-0.2, -0.15) is 4.31 Å². The van der Waals surface area contributed by atoms with E-state index in [1.165, 1.54) is 16.2 Å². The van der Waals surface area contributed by atoms with Gasteiger partial charge in [-0.05, 0) is 38.5 Å². The molecular weight excluding hydrogens is 409 g/mol. The summed E-state index contributed by atoms with van der Waals surface area (Å²) >= 11 is 0. The van der Waals surface area contributed by atoms with Crippen molar-refractivity contribution in [2.24, 2.45) is 0 Å². The summed E-state index contributed by atoms with van der Waals surface area (Å²) in [7, 11) is -7.14. The van der Waals surface area contributed by atoms with Crippen molar-refractivity contribution < 1.29 is 22.0 Å². The Morgan fingerprint density at radius 3 is 2.10 bits per heavy atom. The lowest BCUT2D eigenvalue weighted by Gasteiger charge is -2.21. The molecule has 0 bridgehead atoms. The maximum Gasteiger partial charge on any atom is 0.353 e. The van der Waals surface area contributed by atoms with E-state index in [0.29, 0.717) is 0 Å². The minimum atomic E-state index is -3.75. The third-order valence-electron chi connectivity index (χ3n) is 4.08. The quantitative estimate of drug-likeness (QED) is 0.464. The fourth-order valence-electron chi connectivity index (χ4n) is 2.67. The van der Waals surface area contributed by atoms with E-state index in [1.54, 1.807) is 38.1 Å². The molecule has 0 aliphatic carbocycles. The van der Waals surface area contributed by atoms with Crippen LogP contribution < -0.4 is 0 Å². The van der Waals surface area contributed by atoms with Crippen molar-refractivity contribution in [3.63, 3.8) is 0 Å². The first-order chi connectivity index (χ1) is 13.8.